The summed E-state index contributed by atoms with van der Waals surface area (Å²) in [6.07, 6.45) is 0. The molecule has 1 heteroatoms. The molecule has 264 valence electrons. The highest BCUT2D eigenvalue weighted by atomic mass is 15.1. The minimum Gasteiger partial charge on any atom is -0.310 e. The van der Waals surface area contributed by atoms with E-state index in [1.165, 1.54) is 66.8 Å². The molecule has 0 heterocycles. The SMILES string of the molecule is c1ccc(-c2ccc(-c3ccc(N(c4ccc(-c5ccccc5)cc4)c4ccc5c(c4)C(c4ccccc4)(c4ccccc4)c4ccccc4-5)cc3)cc2)cc1. The lowest BCUT2D eigenvalue weighted by Gasteiger charge is -2.35. The Morgan fingerprint density at radius 2 is 0.589 bits per heavy atom. The van der Waals surface area contributed by atoms with Gasteiger partial charge in [0, 0.05) is 17.1 Å². The number of rotatable bonds is 8. The van der Waals surface area contributed by atoms with Crippen LogP contribution in [0.15, 0.2) is 237 Å². The monoisotopic (exact) mass is 713 g/mol. The van der Waals surface area contributed by atoms with Gasteiger partial charge in [0.15, 0.2) is 0 Å². The van der Waals surface area contributed by atoms with Gasteiger partial charge in [-0.05, 0) is 103 Å². The van der Waals surface area contributed by atoms with Crippen LogP contribution in [0.1, 0.15) is 22.3 Å². The smallest absolute Gasteiger partial charge is 0.0714 e. The van der Waals surface area contributed by atoms with E-state index >= 15 is 0 Å². The van der Waals surface area contributed by atoms with Crippen molar-refractivity contribution < 1.29 is 0 Å². The van der Waals surface area contributed by atoms with Crippen LogP contribution in [0.5, 0.6) is 0 Å². The van der Waals surface area contributed by atoms with Crippen LogP contribution in [0.3, 0.4) is 0 Å². The lowest BCUT2D eigenvalue weighted by Crippen LogP contribution is -2.28. The summed E-state index contributed by atoms with van der Waals surface area (Å²) >= 11 is 0. The summed E-state index contributed by atoms with van der Waals surface area (Å²) in [7, 11) is 0. The Balaban J connectivity index is 1.12. The summed E-state index contributed by atoms with van der Waals surface area (Å²) in [6, 6.07) is 86.1. The number of hydrogen-bond acceptors (Lipinski definition) is 1. The van der Waals surface area contributed by atoms with E-state index in [2.05, 4.69) is 241 Å². The summed E-state index contributed by atoms with van der Waals surface area (Å²) in [5.41, 5.74) is 17.7. The molecule has 0 unspecified atom stereocenters. The first-order valence-corrected chi connectivity index (χ1v) is 19.3. The molecular formula is C55H39N. The first kappa shape index (κ1) is 33.4. The van der Waals surface area contributed by atoms with Crippen molar-refractivity contribution >= 4 is 17.1 Å². The van der Waals surface area contributed by atoms with E-state index in [1.807, 2.05) is 0 Å². The first-order valence-electron chi connectivity index (χ1n) is 19.3. The van der Waals surface area contributed by atoms with Gasteiger partial charge in [-0.1, -0.05) is 200 Å². The average Bonchev–Trinajstić information content (AvgIpc) is 3.59. The second kappa shape index (κ2) is 14.2. The zero-order chi connectivity index (χ0) is 37.3. The topological polar surface area (TPSA) is 3.24 Å². The normalized spacial score (nSPS) is 12.4. The van der Waals surface area contributed by atoms with Crippen molar-refractivity contribution in [2.45, 2.75) is 5.41 Å². The minimum absolute atomic E-state index is 0.483. The van der Waals surface area contributed by atoms with Crippen molar-refractivity contribution in [1.29, 1.82) is 0 Å². The highest BCUT2D eigenvalue weighted by Gasteiger charge is 2.46. The van der Waals surface area contributed by atoms with Crippen LogP contribution in [0.25, 0.3) is 44.5 Å². The Labute approximate surface area is 329 Å². The molecule has 0 radical (unpaired) electrons. The number of anilines is 3. The Hall–Kier alpha value is -7.22. The van der Waals surface area contributed by atoms with Crippen LogP contribution in [0, 0.1) is 0 Å². The number of fused-ring (bicyclic) bond motifs is 3. The van der Waals surface area contributed by atoms with Crippen LogP contribution < -0.4 is 4.90 Å². The van der Waals surface area contributed by atoms with Crippen molar-refractivity contribution in [3.05, 3.63) is 259 Å². The number of nitrogens with zero attached hydrogens (tertiary/aromatic N) is 1. The van der Waals surface area contributed by atoms with Gasteiger partial charge in [-0.25, -0.2) is 0 Å². The Morgan fingerprint density at radius 1 is 0.250 bits per heavy atom. The van der Waals surface area contributed by atoms with Crippen molar-refractivity contribution in [2.75, 3.05) is 4.90 Å². The molecular weight excluding hydrogens is 675 g/mol. The minimum atomic E-state index is -0.483. The fraction of sp³-hybridized carbons (Fsp3) is 0.0182. The summed E-state index contributed by atoms with van der Waals surface area (Å²) in [6.45, 7) is 0. The predicted octanol–water partition coefficient (Wildman–Crippen LogP) is 14.5. The average molecular weight is 714 g/mol. The number of benzene rings is 9. The van der Waals surface area contributed by atoms with Gasteiger partial charge in [0.2, 0.25) is 0 Å². The second-order valence-corrected chi connectivity index (χ2v) is 14.5. The molecule has 1 nitrogen and oxygen atoms in total. The summed E-state index contributed by atoms with van der Waals surface area (Å²) < 4.78 is 0. The summed E-state index contributed by atoms with van der Waals surface area (Å²) in [4.78, 5) is 2.40. The third-order valence-corrected chi connectivity index (χ3v) is 11.4. The summed E-state index contributed by atoms with van der Waals surface area (Å²) in [5, 5.41) is 0. The molecule has 9 aromatic rings. The molecule has 0 fully saturated rings. The van der Waals surface area contributed by atoms with Crippen molar-refractivity contribution in [3.63, 3.8) is 0 Å². The molecule has 1 aliphatic carbocycles. The summed E-state index contributed by atoms with van der Waals surface area (Å²) in [5.74, 6) is 0. The molecule has 0 bridgehead atoms. The molecule has 0 amide bonds. The van der Waals surface area contributed by atoms with Gasteiger partial charge in [-0.2, -0.15) is 0 Å². The van der Waals surface area contributed by atoms with Gasteiger partial charge in [-0.15, -0.1) is 0 Å². The molecule has 0 aromatic heterocycles. The van der Waals surface area contributed by atoms with Crippen molar-refractivity contribution in [3.8, 4) is 44.5 Å². The lowest BCUT2D eigenvalue weighted by atomic mass is 9.67. The Morgan fingerprint density at radius 3 is 1.05 bits per heavy atom. The molecule has 0 saturated heterocycles. The van der Waals surface area contributed by atoms with Crippen LogP contribution in [0.2, 0.25) is 0 Å². The van der Waals surface area contributed by atoms with E-state index in [0.29, 0.717) is 0 Å². The van der Waals surface area contributed by atoms with Crippen molar-refractivity contribution in [1.82, 2.24) is 0 Å². The fourth-order valence-electron chi connectivity index (χ4n) is 8.74. The molecule has 9 aromatic carbocycles. The molecule has 1 aliphatic rings. The Bertz CT molecular complexity index is 2700. The van der Waals surface area contributed by atoms with E-state index in [1.54, 1.807) is 0 Å². The molecule has 0 aliphatic heterocycles. The van der Waals surface area contributed by atoms with Crippen LogP contribution in [-0.2, 0) is 5.41 Å². The second-order valence-electron chi connectivity index (χ2n) is 14.5. The molecule has 0 spiro atoms. The maximum atomic E-state index is 2.44. The third-order valence-electron chi connectivity index (χ3n) is 11.4. The van der Waals surface area contributed by atoms with E-state index in [9.17, 15) is 0 Å². The van der Waals surface area contributed by atoms with E-state index < -0.39 is 5.41 Å². The zero-order valence-corrected chi connectivity index (χ0v) is 31.0. The van der Waals surface area contributed by atoms with Gasteiger partial charge >= 0.3 is 0 Å². The van der Waals surface area contributed by atoms with Gasteiger partial charge in [-0.3, -0.25) is 0 Å². The maximum absolute atomic E-state index is 2.44. The highest BCUT2D eigenvalue weighted by molar-refractivity contribution is 5.90. The van der Waals surface area contributed by atoms with E-state index in [4.69, 9.17) is 0 Å². The van der Waals surface area contributed by atoms with E-state index in [0.717, 1.165) is 17.1 Å². The molecule has 56 heavy (non-hydrogen) atoms. The quantitative estimate of drug-likeness (QED) is 0.152. The van der Waals surface area contributed by atoms with Gasteiger partial charge in [0.1, 0.15) is 0 Å². The first-order chi connectivity index (χ1) is 27.8. The van der Waals surface area contributed by atoms with Gasteiger partial charge in [0.05, 0.1) is 5.41 Å². The molecule has 0 saturated carbocycles. The van der Waals surface area contributed by atoms with Crippen LogP contribution >= 0.6 is 0 Å². The third kappa shape index (κ3) is 5.73. The largest absolute Gasteiger partial charge is 0.310 e. The van der Waals surface area contributed by atoms with E-state index in [-0.39, 0.29) is 0 Å². The van der Waals surface area contributed by atoms with Gasteiger partial charge in [0.25, 0.3) is 0 Å². The Kier molecular flexibility index (Phi) is 8.46. The molecule has 0 N–H and O–H groups in total. The molecule has 0 atom stereocenters. The van der Waals surface area contributed by atoms with Crippen molar-refractivity contribution in [2.24, 2.45) is 0 Å². The maximum Gasteiger partial charge on any atom is 0.0714 e. The fourth-order valence-corrected chi connectivity index (χ4v) is 8.74. The highest BCUT2D eigenvalue weighted by Crippen LogP contribution is 2.57. The number of hydrogen-bond donors (Lipinski definition) is 0. The molecule has 10 rings (SSSR count). The predicted molar refractivity (Wildman–Crippen MR) is 235 cm³/mol. The lowest BCUT2D eigenvalue weighted by molar-refractivity contribution is 0.768. The zero-order valence-electron chi connectivity index (χ0n) is 31.0. The van der Waals surface area contributed by atoms with Crippen LogP contribution in [0.4, 0.5) is 17.1 Å². The standard InChI is InChI=1S/C55H39N/c1-5-15-40(16-6-1)42-25-27-43(28-26-42)45-31-35-49(36-32-45)56(48-33-29-44(30-34-48)41-17-7-2-8-18-41)50-37-38-52-51-23-13-14-24-53(51)55(54(52)39-50,46-19-9-3-10-20-46)47-21-11-4-12-22-47/h1-39H. The van der Waals surface area contributed by atoms with Gasteiger partial charge < -0.3 is 4.90 Å². The van der Waals surface area contributed by atoms with Crippen LogP contribution in [-0.4, -0.2) is 0 Å².